The Hall–Kier alpha value is -0.690. The molecule has 1 saturated carbocycles. The van der Waals surface area contributed by atoms with Gasteiger partial charge in [0, 0.05) is 6.42 Å². The third-order valence-electron chi connectivity index (χ3n) is 5.35. The standard InChI is InChI=1S/C19H27ClO/c1-18(2)10-6-5-7-15(18)17(20)13-8-9-16-14(11-13)12-19(3,4)21-16/h8-9,11,15,17H,5-7,10,12H2,1-4H3. The number of alkyl halides is 1. The van der Waals surface area contributed by atoms with Crippen molar-refractivity contribution in [3.63, 3.8) is 0 Å². The van der Waals surface area contributed by atoms with Crippen LogP contribution >= 0.6 is 11.6 Å². The van der Waals surface area contributed by atoms with Crippen LogP contribution < -0.4 is 4.74 Å². The van der Waals surface area contributed by atoms with Gasteiger partial charge >= 0.3 is 0 Å². The Kier molecular flexibility index (Phi) is 3.76. The summed E-state index contributed by atoms with van der Waals surface area (Å²) in [4.78, 5) is 0. The molecule has 2 atom stereocenters. The molecule has 1 fully saturated rings. The van der Waals surface area contributed by atoms with E-state index < -0.39 is 0 Å². The Labute approximate surface area is 134 Å². The fourth-order valence-electron chi connectivity index (χ4n) is 4.10. The number of benzene rings is 1. The molecule has 1 heterocycles. The van der Waals surface area contributed by atoms with Crippen molar-refractivity contribution in [3.05, 3.63) is 29.3 Å². The van der Waals surface area contributed by atoms with Crippen LogP contribution in [0.4, 0.5) is 0 Å². The number of fused-ring (bicyclic) bond motifs is 1. The summed E-state index contributed by atoms with van der Waals surface area (Å²) in [5, 5.41) is 0.120. The van der Waals surface area contributed by atoms with Crippen LogP contribution in [0.1, 0.15) is 69.9 Å². The van der Waals surface area contributed by atoms with Crippen molar-refractivity contribution in [3.8, 4) is 5.75 Å². The minimum atomic E-state index is -0.0765. The van der Waals surface area contributed by atoms with Crippen molar-refractivity contribution < 1.29 is 4.74 Å². The van der Waals surface area contributed by atoms with Crippen molar-refractivity contribution in [2.24, 2.45) is 11.3 Å². The third kappa shape index (κ3) is 2.95. The van der Waals surface area contributed by atoms with E-state index in [-0.39, 0.29) is 11.0 Å². The topological polar surface area (TPSA) is 9.23 Å². The molecule has 1 nitrogen and oxygen atoms in total. The quantitative estimate of drug-likeness (QED) is 0.618. The maximum Gasteiger partial charge on any atom is 0.123 e. The molecular weight excluding hydrogens is 280 g/mol. The van der Waals surface area contributed by atoms with Crippen molar-refractivity contribution >= 4 is 11.6 Å². The van der Waals surface area contributed by atoms with Crippen molar-refractivity contribution in [2.45, 2.75) is 70.8 Å². The summed E-state index contributed by atoms with van der Waals surface area (Å²) in [5.74, 6) is 1.61. The van der Waals surface area contributed by atoms with Gasteiger partial charge in [0.1, 0.15) is 11.4 Å². The van der Waals surface area contributed by atoms with Crippen LogP contribution in [0.5, 0.6) is 5.75 Å². The predicted molar refractivity (Wildman–Crippen MR) is 89.2 cm³/mol. The molecule has 116 valence electrons. The smallest absolute Gasteiger partial charge is 0.123 e. The van der Waals surface area contributed by atoms with E-state index in [1.54, 1.807) is 0 Å². The van der Waals surface area contributed by atoms with E-state index in [1.807, 2.05) is 0 Å². The molecular formula is C19H27ClO. The first-order valence-corrected chi connectivity index (χ1v) is 8.68. The molecule has 0 N–H and O–H groups in total. The fraction of sp³-hybridized carbons (Fsp3) is 0.684. The molecule has 1 aliphatic heterocycles. The molecule has 1 aliphatic carbocycles. The Bertz CT molecular complexity index is 532. The highest BCUT2D eigenvalue weighted by molar-refractivity contribution is 6.21. The van der Waals surface area contributed by atoms with Crippen LogP contribution in [0.25, 0.3) is 0 Å². The van der Waals surface area contributed by atoms with Gasteiger partial charge in [-0.3, -0.25) is 0 Å². The zero-order valence-electron chi connectivity index (χ0n) is 13.7. The second kappa shape index (κ2) is 5.19. The zero-order valence-corrected chi connectivity index (χ0v) is 14.5. The van der Waals surface area contributed by atoms with Crippen LogP contribution in [-0.2, 0) is 6.42 Å². The lowest BCUT2D eigenvalue weighted by Gasteiger charge is -2.41. The van der Waals surface area contributed by atoms with Gasteiger partial charge in [0.05, 0.1) is 5.38 Å². The maximum absolute atomic E-state index is 6.90. The molecule has 3 rings (SSSR count). The average molecular weight is 307 g/mol. The first-order valence-electron chi connectivity index (χ1n) is 8.24. The summed E-state index contributed by atoms with van der Waals surface area (Å²) in [7, 11) is 0. The molecule has 2 aliphatic rings. The summed E-state index contributed by atoms with van der Waals surface area (Å²) in [5.41, 5.74) is 2.86. The molecule has 0 saturated heterocycles. The first-order chi connectivity index (χ1) is 9.78. The van der Waals surface area contributed by atoms with Crippen LogP contribution in [0.15, 0.2) is 18.2 Å². The highest BCUT2D eigenvalue weighted by atomic mass is 35.5. The van der Waals surface area contributed by atoms with Gasteiger partial charge in [-0.2, -0.15) is 0 Å². The fourth-order valence-corrected chi connectivity index (χ4v) is 4.70. The number of halogens is 1. The number of hydrogen-bond acceptors (Lipinski definition) is 1. The second-order valence-electron chi connectivity index (χ2n) is 8.15. The van der Waals surface area contributed by atoms with Gasteiger partial charge in [0.25, 0.3) is 0 Å². The molecule has 0 spiro atoms. The number of hydrogen-bond donors (Lipinski definition) is 0. The van der Waals surface area contributed by atoms with E-state index in [0.717, 1.165) is 12.2 Å². The maximum atomic E-state index is 6.90. The largest absolute Gasteiger partial charge is 0.487 e. The van der Waals surface area contributed by atoms with Crippen LogP contribution in [-0.4, -0.2) is 5.60 Å². The Balaban J connectivity index is 1.85. The Morgan fingerprint density at radius 3 is 2.67 bits per heavy atom. The van der Waals surface area contributed by atoms with E-state index in [0.29, 0.717) is 11.3 Å². The monoisotopic (exact) mass is 306 g/mol. The van der Waals surface area contributed by atoms with Gasteiger partial charge in [-0.1, -0.05) is 38.8 Å². The van der Waals surface area contributed by atoms with Gasteiger partial charge in [-0.25, -0.2) is 0 Å². The van der Waals surface area contributed by atoms with E-state index in [4.69, 9.17) is 16.3 Å². The summed E-state index contributed by atoms with van der Waals surface area (Å²) >= 11 is 6.90. The van der Waals surface area contributed by atoms with Gasteiger partial charge in [-0.05, 0) is 55.2 Å². The molecule has 0 bridgehead atoms. The minimum absolute atomic E-state index is 0.0765. The molecule has 21 heavy (non-hydrogen) atoms. The van der Waals surface area contributed by atoms with E-state index in [9.17, 15) is 0 Å². The third-order valence-corrected chi connectivity index (χ3v) is 5.90. The first kappa shape index (κ1) is 15.2. The molecule has 2 heteroatoms. The Morgan fingerprint density at radius 1 is 1.19 bits per heavy atom. The second-order valence-corrected chi connectivity index (χ2v) is 8.62. The van der Waals surface area contributed by atoms with Crippen LogP contribution in [0.2, 0.25) is 0 Å². The average Bonchev–Trinajstić information content (AvgIpc) is 2.70. The molecule has 1 aromatic carbocycles. The molecule has 0 amide bonds. The summed E-state index contributed by atoms with van der Waals surface area (Å²) in [6, 6.07) is 6.57. The lowest BCUT2D eigenvalue weighted by atomic mass is 9.66. The molecule has 1 aromatic rings. The summed E-state index contributed by atoms with van der Waals surface area (Å²) in [6.45, 7) is 9.06. The van der Waals surface area contributed by atoms with Gasteiger partial charge in [-0.15, -0.1) is 11.6 Å². The molecule has 0 aromatic heterocycles. The van der Waals surface area contributed by atoms with Gasteiger partial charge in [0.15, 0.2) is 0 Å². The minimum Gasteiger partial charge on any atom is -0.487 e. The Morgan fingerprint density at radius 2 is 1.95 bits per heavy atom. The van der Waals surface area contributed by atoms with Crippen LogP contribution in [0, 0.1) is 11.3 Å². The summed E-state index contributed by atoms with van der Waals surface area (Å²) in [6.07, 6.45) is 6.19. The van der Waals surface area contributed by atoms with Gasteiger partial charge in [0.2, 0.25) is 0 Å². The normalized spacial score (nSPS) is 27.8. The molecule has 0 radical (unpaired) electrons. The zero-order chi connectivity index (χ0) is 15.3. The lowest BCUT2D eigenvalue weighted by molar-refractivity contribution is 0.133. The van der Waals surface area contributed by atoms with Crippen molar-refractivity contribution in [2.75, 3.05) is 0 Å². The van der Waals surface area contributed by atoms with Gasteiger partial charge < -0.3 is 4.74 Å². The SMILES string of the molecule is CC1(C)Cc2cc(C(Cl)C3CCCCC3(C)C)ccc2O1. The predicted octanol–water partition coefficient (Wildman–Crippen LogP) is 5.90. The summed E-state index contributed by atoms with van der Waals surface area (Å²) < 4.78 is 5.97. The lowest BCUT2D eigenvalue weighted by Crippen LogP contribution is -2.30. The highest BCUT2D eigenvalue weighted by Gasteiger charge is 2.38. The van der Waals surface area contributed by atoms with Crippen molar-refractivity contribution in [1.82, 2.24) is 0 Å². The number of ether oxygens (including phenoxy) is 1. The molecule has 2 unspecified atom stereocenters. The van der Waals surface area contributed by atoms with E-state index >= 15 is 0 Å². The van der Waals surface area contributed by atoms with E-state index in [2.05, 4.69) is 45.9 Å². The number of rotatable bonds is 2. The van der Waals surface area contributed by atoms with Crippen LogP contribution in [0.3, 0.4) is 0 Å². The highest BCUT2D eigenvalue weighted by Crippen LogP contribution is 2.50. The van der Waals surface area contributed by atoms with E-state index in [1.165, 1.54) is 36.8 Å². The van der Waals surface area contributed by atoms with Crippen molar-refractivity contribution in [1.29, 1.82) is 0 Å².